The lowest BCUT2D eigenvalue weighted by Crippen LogP contribution is -2.41. The van der Waals surface area contributed by atoms with Crippen LogP contribution in [0.15, 0.2) is 18.2 Å². The number of carbonyl (C=O) groups excluding carboxylic acids is 2. The molecule has 7 nitrogen and oxygen atoms in total. The lowest BCUT2D eigenvalue weighted by atomic mass is 10.1. The second-order valence-electron chi connectivity index (χ2n) is 7.25. The van der Waals surface area contributed by atoms with Crippen LogP contribution in [0.1, 0.15) is 59.9 Å². The Labute approximate surface area is 159 Å². The summed E-state index contributed by atoms with van der Waals surface area (Å²) in [6.07, 6.45) is 3.34. The number of aryl methyl sites for hydroxylation is 3. The van der Waals surface area contributed by atoms with Crippen molar-refractivity contribution in [2.75, 3.05) is 0 Å². The van der Waals surface area contributed by atoms with Crippen LogP contribution in [-0.2, 0) is 9.53 Å². The Morgan fingerprint density at radius 2 is 1.89 bits per heavy atom. The summed E-state index contributed by atoms with van der Waals surface area (Å²) in [7, 11) is 0. The second-order valence-corrected chi connectivity index (χ2v) is 7.25. The van der Waals surface area contributed by atoms with Crippen molar-refractivity contribution >= 4 is 11.9 Å². The average Bonchev–Trinajstić information content (AvgIpc) is 3.24. The van der Waals surface area contributed by atoms with Gasteiger partial charge in [0.1, 0.15) is 0 Å². The number of rotatable bonds is 5. The number of nitrogens with zero attached hydrogens (tertiary/aromatic N) is 3. The number of hydrogen-bond acceptors (Lipinski definition) is 5. The van der Waals surface area contributed by atoms with Gasteiger partial charge in [0.25, 0.3) is 5.91 Å². The van der Waals surface area contributed by atoms with Crippen molar-refractivity contribution in [1.29, 1.82) is 0 Å². The predicted octanol–water partition coefficient (Wildman–Crippen LogP) is 2.80. The molecule has 1 N–H and O–H groups in total. The summed E-state index contributed by atoms with van der Waals surface area (Å²) < 4.78 is 5.32. The highest BCUT2D eigenvalue weighted by Crippen LogP contribution is 2.18. The molecule has 0 saturated heterocycles. The summed E-state index contributed by atoms with van der Waals surface area (Å²) in [5.74, 6) is -0.910. The van der Waals surface area contributed by atoms with Gasteiger partial charge in [0.15, 0.2) is 11.8 Å². The third-order valence-electron chi connectivity index (χ3n) is 4.90. The third kappa shape index (κ3) is 4.35. The molecule has 0 spiro atoms. The largest absolute Gasteiger partial charge is 0.448 e. The van der Waals surface area contributed by atoms with E-state index < -0.39 is 12.1 Å². The third-order valence-corrected chi connectivity index (χ3v) is 4.90. The fourth-order valence-corrected chi connectivity index (χ4v) is 3.36. The zero-order valence-electron chi connectivity index (χ0n) is 16.3. The molecule has 0 bridgehead atoms. The van der Waals surface area contributed by atoms with Crippen LogP contribution < -0.4 is 5.32 Å². The Balaban J connectivity index is 1.69. The predicted molar refractivity (Wildman–Crippen MR) is 101 cm³/mol. The first kappa shape index (κ1) is 19.1. The number of hydrogen-bond donors (Lipinski definition) is 1. The van der Waals surface area contributed by atoms with Crippen molar-refractivity contribution in [3.05, 3.63) is 40.7 Å². The quantitative estimate of drug-likeness (QED) is 0.818. The van der Waals surface area contributed by atoms with Crippen LogP contribution in [0.4, 0.5) is 0 Å². The summed E-state index contributed by atoms with van der Waals surface area (Å²) in [5.41, 5.74) is 3.53. The zero-order chi connectivity index (χ0) is 19.6. The van der Waals surface area contributed by atoms with Gasteiger partial charge >= 0.3 is 5.97 Å². The molecule has 1 atom stereocenters. The maximum absolute atomic E-state index is 12.5. The van der Waals surface area contributed by atoms with Crippen LogP contribution in [-0.4, -0.2) is 39.0 Å². The van der Waals surface area contributed by atoms with E-state index in [1.165, 1.54) is 4.80 Å². The highest BCUT2D eigenvalue weighted by molar-refractivity contribution is 5.91. The van der Waals surface area contributed by atoms with Crippen LogP contribution in [0.3, 0.4) is 0 Å². The smallest absolute Gasteiger partial charge is 0.361 e. The van der Waals surface area contributed by atoms with E-state index in [1.54, 1.807) is 13.8 Å². The van der Waals surface area contributed by atoms with Gasteiger partial charge in [-0.25, -0.2) is 4.79 Å². The first-order valence-corrected chi connectivity index (χ1v) is 9.38. The molecule has 0 unspecified atom stereocenters. The van der Waals surface area contributed by atoms with Crippen LogP contribution in [0.5, 0.6) is 0 Å². The van der Waals surface area contributed by atoms with E-state index in [1.807, 2.05) is 32.0 Å². The van der Waals surface area contributed by atoms with Gasteiger partial charge < -0.3 is 10.1 Å². The summed E-state index contributed by atoms with van der Waals surface area (Å²) >= 11 is 0. The summed E-state index contributed by atoms with van der Waals surface area (Å²) in [5, 5.41) is 11.6. The van der Waals surface area contributed by atoms with E-state index >= 15 is 0 Å². The number of aromatic nitrogens is 3. The monoisotopic (exact) mass is 370 g/mol. The summed E-state index contributed by atoms with van der Waals surface area (Å²) in [6.45, 7) is 7.26. The van der Waals surface area contributed by atoms with E-state index in [0.717, 1.165) is 42.5 Å². The van der Waals surface area contributed by atoms with E-state index in [4.69, 9.17) is 4.74 Å². The molecular weight excluding hydrogens is 344 g/mol. The standard InChI is InChI=1S/C20H26N4O3/c1-12-9-10-17(13(2)11-12)24-22-14(3)18(23-24)20(26)27-15(4)19(25)21-16-7-5-6-8-16/h9-11,15-16H,5-8H2,1-4H3,(H,21,25)/t15-/m1/s1. The minimum atomic E-state index is -0.872. The molecule has 2 aromatic rings. The lowest BCUT2D eigenvalue weighted by molar-refractivity contribution is -0.129. The number of nitrogens with one attached hydrogen (secondary N) is 1. The van der Waals surface area contributed by atoms with Gasteiger partial charge in [-0.1, -0.05) is 30.5 Å². The van der Waals surface area contributed by atoms with Crippen molar-refractivity contribution in [2.45, 2.75) is 65.5 Å². The van der Waals surface area contributed by atoms with Gasteiger partial charge in [0, 0.05) is 6.04 Å². The Hall–Kier alpha value is -2.70. The summed E-state index contributed by atoms with van der Waals surface area (Å²) in [6, 6.07) is 6.10. The van der Waals surface area contributed by atoms with E-state index in [0.29, 0.717) is 5.69 Å². The molecule has 144 valence electrons. The van der Waals surface area contributed by atoms with Crippen LogP contribution in [0.2, 0.25) is 0 Å². The number of esters is 1. The number of benzene rings is 1. The van der Waals surface area contributed by atoms with Crippen molar-refractivity contribution in [2.24, 2.45) is 0 Å². The molecular formula is C20H26N4O3. The number of carbonyl (C=O) groups is 2. The number of ether oxygens (including phenoxy) is 1. The molecule has 1 fully saturated rings. The van der Waals surface area contributed by atoms with Crippen LogP contribution >= 0.6 is 0 Å². The van der Waals surface area contributed by atoms with Gasteiger partial charge in [0.05, 0.1) is 11.4 Å². The molecule has 7 heteroatoms. The first-order chi connectivity index (χ1) is 12.8. The Kier molecular flexibility index (Phi) is 5.58. The first-order valence-electron chi connectivity index (χ1n) is 9.38. The van der Waals surface area contributed by atoms with Crippen LogP contribution in [0, 0.1) is 20.8 Å². The molecule has 1 aliphatic rings. The molecule has 0 radical (unpaired) electrons. The molecule has 1 saturated carbocycles. The second kappa shape index (κ2) is 7.90. The molecule has 1 aromatic heterocycles. The summed E-state index contributed by atoms with van der Waals surface area (Å²) in [4.78, 5) is 26.1. The molecule has 3 rings (SSSR count). The highest BCUT2D eigenvalue weighted by atomic mass is 16.5. The molecule has 1 heterocycles. The Bertz CT molecular complexity index is 853. The molecule has 1 aromatic carbocycles. The van der Waals surface area contributed by atoms with Gasteiger partial charge in [-0.3, -0.25) is 4.79 Å². The van der Waals surface area contributed by atoms with E-state index in [-0.39, 0.29) is 17.6 Å². The molecule has 1 amide bonds. The van der Waals surface area contributed by atoms with Gasteiger partial charge in [-0.2, -0.15) is 9.90 Å². The van der Waals surface area contributed by atoms with Crippen molar-refractivity contribution in [1.82, 2.24) is 20.3 Å². The fourth-order valence-electron chi connectivity index (χ4n) is 3.36. The highest BCUT2D eigenvalue weighted by Gasteiger charge is 2.26. The Morgan fingerprint density at radius 3 is 2.56 bits per heavy atom. The van der Waals surface area contributed by atoms with Gasteiger partial charge in [0.2, 0.25) is 0 Å². The van der Waals surface area contributed by atoms with Gasteiger partial charge in [-0.05, 0) is 52.2 Å². The average molecular weight is 370 g/mol. The van der Waals surface area contributed by atoms with Crippen molar-refractivity contribution < 1.29 is 14.3 Å². The Morgan fingerprint density at radius 1 is 1.19 bits per heavy atom. The van der Waals surface area contributed by atoms with Crippen molar-refractivity contribution in [3.63, 3.8) is 0 Å². The van der Waals surface area contributed by atoms with E-state index in [9.17, 15) is 9.59 Å². The molecule has 27 heavy (non-hydrogen) atoms. The molecule has 1 aliphatic carbocycles. The maximum Gasteiger partial charge on any atom is 0.361 e. The SMILES string of the molecule is Cc1ccc(-n2nc(C)c(C(=O)O[C@H](C)C(=O)NC3CCCC3)n2)c(C)c1. The van der Waals surface area contributed by atoms with Crippen LogP contribution in [0.25, 0.3) is 5.69 Å². The number of amides is 1. The maximum atomic E-state index is 12.5. The minimum Gasteiger partial charge on any atom is -0.448 e. The molecule has 0 aliphatic heterocycles. The van der Waals surface area contributed by atoms with Crippen molar-refractivity contribution in [3.8, 4) is 5.69 Å². The minimum absolute atomic E-state index is 0.121. The normalized spacial score (nSPS) is 15.6. The van der Waals surface area contributed by atoms with Gasteiger partial charge in [-0.15, -0.1) is 5.10 Å². The topological polar surface area (TPSA) is 86.1 Å². The fraction of sp³-hybridized carbons (Fsp3) is 0.500. The lowest BCUT2D eigenvalue weighted by Gasteiger charge is -2.16. The zero-order valence-corrected chi connectivity index (χ0v) is 16.3. The van der Waals surface area contributed by atoms with E-state index in [2.05, 4.69) is 15.5 Å².